The van der Waals surface area contributed by atoms with Gasteiger partial charge < -0.3 is 5.32 Å². The van der Waals surface area contributed by atoms with E-state index in [1.807, 2.05) is 13.1 Å². The molecular weight excluding hydrogens is 250 g/mol. The Morgan fingerprint density at radius 3 is 2.93 bits per heavy atom. The molecule has 15 heavy (non-hydrogen) atoms. The average Bonchev–Trinajstić information content (AvgIpc) is 2.85. The van der Waals surface area contributed by atoms with Crippen LogP contribution < -0.4 is 5.32 Å². The molecule has 6 heteroatoms. The van der Waals surface area contributed by atoms with Crippen LogP contribution in [-0.4, -0.2) is 16.6 Å². The fourth-order valence-electron chi connectivity index (χ4n) is 1.34. The Morgan fingerprint density at radius 2 is 2.40 bits per heavy atom. The lowest BCUT2D eigenvalue weighted by Gasteiger charge is -2.11. The van der Waals surface area contributed by atoms with Gasteiger partial charge in [-0.15, -0.1) is 16.4 Å². The average molecular weight is 260 g/mol. The van der Waals surface area contributed by atoms with Crippen LogP contribution >= 0.6 is 34.5 Å². The first kappa shape index (κ1) is 11.0. The maximum atomic E-state index is 5.89. The number of halogens is 1. The highest BCUT2D eigenvalue weighted by Crippen LogP contribution is 2.27. The first-order valence-electron chi connectivity index (χ1n) is 4.48. The van der Waals surface area contributed by atoms with Gasteiger partial charge in [-0.05, 0) is 30.7 Å². The topological polar surface area (TPSA) is 37.8 Å². The normalized spacial score (nSPS) is 12.9. The number of likely N-dealkylation sites (N-methyl/N-ethyl adjacent to an activating group) is 1. The molecule has 0 aliphatic heterocycles. The largest absolute Gasteiger partial charge is 0.312 e. The van der Waals surface area contributed by atoms with E-state index in [1.165, 1.54) is 16.4 Å². The Hall–Kier alpha value is -0.490. The van der Waals surface area contributed by atoms with Crippen molar-refractivity contribution in [2.24, 2.45) is 0 Å². The van der Waals surface area contributed by atoms with Crippen LogP contribution in [0, 0.1) is 0 Å². The molecular formula is C9H10ClN3S2. The molecule has 0 fully saturated rings. The molecule has 0 radical (unpaired) electrons. The molecule has 1 N–H and O–H groups in total. The Labute approximate surface area is 101 Å². The van der Waals surface area contributed by atoms with Crippen LogP contribution in [0.2, 0.25) is 4.34 Å². The summed E-state index contributed by atoms with van der Waals surface area (Å²) in [6.07, 6.45) is 2.73. The molecule has 0 amide bonds. The lowest BCUT2D eigenvalue weighted by molar-refractivity contribution is 0.605. The minimum Gasteiger partial charge on any atom is -0.312 e. The van der Waals surface area contributed by atoms with Gasteiger partial charge >= 0.3 is 0 Å². The van der Waals surface area contributed by atoms with Crippen molar-refractivity contribution >= 4 is 34.5 Å². The molecule has 0 aromatic carbocycles. The third kappa shape index (κ3) is 2.75. The van der Waals surface area contributed by atoms with Crippen LogP contribution in [0.4, 0.5) is 0 Å². The Balaban J connectivity index is 2.09. The molecule has 2 rings (SSSR count). The number of aromatic nitrogens is 2. The summed E-state index contributed by atoms with van der Waals surface area (Å²) in [7, 11) is 1.94. The summed E-state index contributed by atoms with van der Waals surface area (Å²) in [5.74, 6) is 0. The molecule has 3 nitrogen and oxygen atoms in total. The quantitative estimate of drug-likeness (QED) is 0.918. The molecule has 0 spiro atoms. The molecule has 80 valence electrons. The van der Waals surface area contributed by atoms with E-state index >= 15 is 0 Å². The van der Waals surface area contributed by atoms with Crippen molar-refractivity contribution in [3.63, 3.8) is 0 Å². The molecule has 2 aromatic heterocycles. The number of hydrogen-bond acceptors (Lipinski definition) is 5. The minimum absolute atomic E-state index is 0.278. The van der Waals surface area contributed by atoms with Crippen molar-refractivity contribution in [1.82, 2.24) is 14.9 Å². The van der Waals surface area contributed by atoms with Crippen LogP contribution in [0.15, 0.2) is 18.3 Å². The molecule has 0 aliphatic carbocycles. The van der Waals surface area contributed by atoms with Crippen LogP contribution in [0.25, 0.3) is 0 Å². The minimum atomic E-state index is 0.278. The third-order valence-electron chi connectivity index (χ3n) is 2.10. The van der Waals surface area contributed by atoms with Crippen molar-refractivity contribution in [3.8, 4) is 0 Å². The highest BCUT2D eigenvalue weighted by atomic mass is 35.5. The molecule has 2 heterocycles. The van der Waals surface area contributed by atoms with Gasteiger partial charge in [0.1, 0.15) is 0 Å². The Morgan fingerprint density at radius 1 is 1.53 bits per heavy atom. The van der Waals surface area contributed by atoms with Gasteiger partial charge in [0, 0.05) is 17.3 Å². The monoisotopic (exact) mass is 259 g/mol. The molecule has 1 unspecified atom stereocenters. The summed E-state index contributed by atoms with van der Waals surface area (Å²) >= 11 is 8.94. The second-order valence-electron chi connectivity index (χ2n) is 3.07. The SMILES string of the molecule is CNC(Cc1ccc(Cl)s1)c1cnns1. The van der Waals surface area contributed by atoms with Gasteiger partial charge in [0.25, 0.3) is 0 Å². The first-order chi connectivity index (χ1) is 7.29. The van der Waals surface area contributed by atoms with Gasteiger partial charge in [-0.25, -0.2) is 0 Å². The van der Waals surface area contributed by atoms with Gasteiger partial charge in [0.2, 0.25) is 0 Å². The summed E-state index contributed by atoms with van der Waals surface area (Å²) in [5, 5.41) is 7.10. The zero-order chi connectivity index (χ0) is 10.7. The Bertz CT molecular complexity index is 413. The van der Waals surface area contributed by atoms with Gasteiger partial charge in [-0.2, -0.15) is 0 Å². The summed E-state index contributed by atoms with van der Waals surface area (Å²) in [6.45, 7) is 0. The summed E-state index contributed by atoms with van der Waals surface area (Å²) < 4.78 is 4.70. The first-order valence-corrected chi connectivity index (χ1v) is 6.45. The van der Waals surface area contributed by atoms with Crippen LogP contribution in [0.5, 0.6) is 0 Å². The maximum absolute atomic E-state index is 5.89. The van der Waals surface area contributed by atoms with Crippen LogP contribution in [0.3, 0.4) is 0 Å². The fourth-order valence-corrected chi connectivity index (χ4v) is 3.08. The lowest BCUT2D eigenvalue weighted by atomic mass is 10.1. The van der Waals surface area contributed by atoms with E-state index in [4.69, 9.17) is 11.6 Å². The van der Waals surface area contributed by atoms with Crippen molar-refractivity contribution in [2.45, 2.75) is 12.5 Å². The Kier molecular flexibility index (Phi) is 3.69. The van der Waals surface area contributed by atoms with E-state index < -0.39 is 0 Å². The highest BCUT2D eigenvalue weighted by Gasteiger charge is 2.13. The smallest absolute Gasteiger partial charge is 0.0931 e. The molecule has 0 aliphatic rings. The van der Waals surface area contributed by atoms with E-state index in [2.05, 4.69) is 21.0 Å². The predicted octanol–water partition coefficient (Wildman–Crippen LogP) is 2.76. The van der Waals surface area contributed by atoms with Gasteiger partial charge in [-0.1, -0.05) is 16.1 Å². The number of nitrogens with zero attached hydrogens (tertiary/aromatic N) is 2. The highest BCUT2D eigenvalue weighted by molar-refractivity contribution is 7.16. The van der Waals surface area contributed by atoms with E-state index in [0.29, 0.717) is 0 Å². The summed E-state index contributed by atoms with van der Waals surface area (Å²) in [4.78, 5) is 2.43. The molecule has 2 aromatic rings. The zero-order valence-electron chi connectivity index (χ0n) is 8.11. The second kappa shape index (κ2) is 5.03. The number of rotatable bonds is 4. The van der Waals surface area contributed by atoms with E-state index in [0.717, 1.165) is 15.6 Å². The van der Waals surface area contributed by atoms with Gasteiger partial charge in [0.15, 0.2) is 0 Å². The van der Waals surface area contributed by atoms with Crippen molar-refractivity contribution in [3.05, 3.63) is 32.4 Å². The molecule has 1 atom stereocenters. The number of nitrogens with one attached hydrogen (secondary N) is 1. The van der Waals surface area contributed by atoms with Gasteiger partial charge in [-0.3, -0.25) is 0 Å². The predicted molar refractivity (Wildman–Crippen MR) is 64.7 cm³/mol. The fraction of sp³-hybridized carbons (Fsp3) is 0.333. The van der Waals surface area contributed by atoms with Crippen molar-refractivity contribution in [1.29, 1.82) is 0 Å². The van der Waals surface area contributed by atoms with E-state index in [9.17, 15) is 0 Å². The number of thiophene rings is 1. The standard InChI is InChI=1S/C9H10ClN3S2/c1-11-7(8-5-12-13-15-8)4-6-2-3-9(10)14-6/h2-3,5,7,11H,4H2,1H3. The van der Waals surface area contributed by atoms with Crippen molar-refractivity contribution < 1.29 is 0 Å². The van der Waals surface area contributed by atoms with Crippen molar-refractivity contribution in [2.75, 3.05) is 7.05 Å². The maximum Gasteiger partial charge on any atom is 0.0931 e. The second-order valence-corrected chi connectivity index (χ2v) is 5.69. The zero-order valence-corrected chi connectivity index (χ0v) is 10.5. The van der Waals surface area contributed by atoms with E-state index in [1.54, 1.807) is 17.5 Å². The lowest BCUT2D eigenvalue weighted by Crippen LogP contribution is -2.17. The molecule has 0 bridgehead atoms. The third-order valence-corrected chi connectivity index (χ3v) is 4.13. The number of hydrogen-bond donors (Lipinski definition) is 1. The van der Waals surface area contributed by atoms with Crippen LogP contribution in [-0.2, 0) is 6.42 Å². The van der Waals surface area contributed by atoms with E-state index in [-0.39, 0.29) is 6.04 Å². The summed E-state index contributed by atoms with van der Waals surface area (Å²) in [6, 6.07) is 4.27. The van der Waals surface area contributed by atoms with Gasteiger partial charge in [0.05, 0.1) is 15.4 Å². The van der Waals surface area contributed by atoms with Crippen LogP contribution in [0.1, 0.15) is 15.8 Å². The molecule has 0 saturated carbocycles. The molecule has 0 saturated heterocycles. The summed E-state index contributed by atoms with van der Waals surface area (Å²) in [5.41, 5.74) is 0.